The molecule has 1 heterocycles. The van der Waals surface area contributed by atoms with Crippen molar-refractivity contribution in [2.45, 2.75) is 6.92 Å². The Hall–Kier alpha value is -2.71. The second kappa shape index (κ2) is 10.2. The van der Waals surface area contributed by atoms with Crippen molar-refractivity contribution in [3.05, 3.63) is 52.9 Å². The Morgan fingerprint density at radius 1 is 1.00 bits per heavy atom. The number of hydrogen-bond donors (Lipinski definition) is 1. The van der Waals surface area contributed by atoms with Crippen LogP contribution in [0.5, 0.6) is 23.0 Å². The lowest BCUT2D eigenvalue weighted by Crippen LogP contribution is -2.17. The molecule has 0 saturated carbocycles. The number of benzene rings is 2. The predicted molar refractivity (Wildman–Crippen MR) is 118 cm³/mol. The Bertz CT molecular complexity index is 929. The van der Waals surface area contributed by atoms with E-state index in [0.29, 0.717) is 52.0 Å². The Morgan fingerprint density at radius 3 is 2.31 bits per heavy atom. The Morgan fingerprint density at radius 2 is 1.69 bits per heavy atom. The van der Waals surface area contributed by atoms with Crippen LogP contribution in [-0.4, -0.2) is 37.2 Å². The topological polar surface area (TPSA) is 66.0 Å². The van der Waals surface area contributed by atoms with Gasteiger partial charge in [-0.25, -0.2) is 0 Å². The lowest BCUT2D eigenvalue weighted by molar-refractivity contribution is -0.115. The van der Waals surface area contributed by atoms with Gasteiger partial charge in [-0.1, -0.05) is 42.2 Å². The molecule has 6 nitrogen and oxygen atoms in total. The molecule has 152 valence electrons. The van der Waals surface area contributed by atoms with E-state index in [-0.39, 0.29) is 5.91 Å². The van der Waals surface area contributed by atoms with E-state index in [9.17, 15) is 4.79 Å². The molecule has 0 unspecified atom stereocenters. The smallest absolute Gasteiger partial charge is 0.263 e. The van der Waals surface area contributed by atoms with Gasteiger partial charge >= 0.3 is 0 Å². The molecule has 1 fully saturated rings. The molecule has 1 aliphatic rings. The van der Waals surface area contributed by atoms with Crippen molar-refractivity contribution in [2.24, 2.45) is 0 Å². The molecule has 0 bridgehead atoms. The first-order chi connectivity index (χ1) is 14.1. The number of ether oxygens (including phenoxy) is 4. The molecule has 1 N–H and O–H groups in total. The summed E-state index contributed by atoms with van der Waals surface area (Å²) in [6, 6.07) is 13.0. The molecule has 8 heteroatoms. The van der Waals surface area contributed by atoms with Gasteiger partial charge in [0, 0.05) is 0 Å². The molecule has 0 spiro atoms. The van der Waals surface area contributed by atoms with E-state index in [1.165, 1.54) is 11.8 Å². The zero-order valence-electron chi connectivity index (χ0n) is 16.1. The van der Waals surface area contributed by atoms with E-state index < -0.39 is 0 Å². The summed E-state index contributed by atoms with van der Waals surface area (Å²) < 4.78 is 23.0. The molecule has 0 aromatic heterocycles. The van der Waals surface area contributed by atoms with Crippen LogP contribution in [-0.2, 0) is 4.79 Å². The fraction of sp³-hybridized carbons (Fsp3) is 0.238. The van der Waals surface area contributed by atoms with Crippen molar-refractivity contribution < 1.29 is 23.7 Å². The molecule has 0 atom stereocenters. The average molecular weight is 432 g/mol. The van der Waals surface area contributed by atoms with Crippen LogP contribution in [0.3, 0.4) is 0 Å². The van der Waals surface area contributed by atoms with E-state index >= 15 is 0 Å². The molecule has 29 heavy (non-hydrogen) atoms. The average Bonchev–Trinajstić information content (AvgIpc) is 3.03. The fourth-order valence-electron chi connectivity index (χ4n) is 2.62. The SMILES string of the molecule is CCOc1cc(/C=C2\SC(=S)NC2=O)ccc1OCCOc1ccccc1OC. The first kappa shape index (κ1) is 21.0. The van der Waals surface area contributed by atoms with Gasteiger partial charge in [0.05, 0.1) is 18.6 Å². The van der Waals surface area contributed by atoms with Crippen LogP contribution >= 0.6 is 24.0 Å². The first-order valence-corrected chi connectivity index (χ1v) is 10.2. The molecule has 1 amide bonds. The van der Waals surface area contributed by atoms with Crippen molar-refractivity contribution in [1.82, 2.24) is 5.32 Å². The van der Waals surface area contributed by atoms with Crippen LogP contribution in [0, 0.1) is 0 Å². The van der Waals surface area contributed by atoms with E-state index in [1.807, 2.05) is 49.4 Å². The van der Waals surface area contributed by atoms with Gasteiger partial charge in [0.1, 0.15) is 17.5 Å². The lowest BCUT2D eigenvalue weighted by atomic mass is 10.2. The molecular formula is C21H21NO5S2. The highest BCUT2D eigenvalue weighted by molar-refractivity contribution is 8.26. The molecule has 3 rings (SSSR count). The quantitative estimate of drug-likeness (QED) is 0.365. The molecule has 0 radical (unpaired) electrons. The second-order valence-electron chi connectivity index (χ2n) is 5.84. The highest BCUT2D eigenvalue weighted by Crippen LogP contribution is 2.32. The van der Waals surface area contributed by atoms with Crippen LogP contribution in [0.4, 0.5) is 0 Å². The van der Waals surface area contributed by atoms with Gasteiger partial charge in [0.25, 0.3) is 5.91 Å². The number of carbonyl (C=O) groups excluding carboxylic acids is 1. The predicted octanol–water partition coefficient (Wildman–Crippen LogP) is 4.04. The molecule has 2 aromatic carbocycles. The summed E-state index contributed by atoms with van der Waals surface area (Å²) in [6.45, 7) is 3.09. The first-order valence-electron chi connectivity index (χ1n) is 9.01. The molecule has 1 saturated heterocycles. The van der Waals surface area contributed by atoms with Gasteiger partial charge in [0.15, 0.2) is 23.0 Å². The highest BCUT2D eigenvalue weighted by atomic mass is 32.2. The summed E-state index contributed by atoms with van der Waals surface area (Å²) in [5.41, 5.74) is 0.827. The zero-order valence-corrected chi connectivity index (χ0v) is 17.7. The van der Waals surface area contributed by atoms with Gasteiger partial charge in [0.2, 0.25) is 0 Å². The number of methoxy groups -OCH3 is 1. The van der Waals surface area contributed by atoms with Crippen molar-refractivity contribution in [2.75, 3.05) is 26.9 Å². The second-order valence-corrected chi connectivity index (χ2v) is 7.56. The Balaban J connectivity index is 1.64. The maximum atomic E-state index is 11.8. The standard InChI is InChI=1S/C21H21NO5S2/c1-3-25-18-12-14(13-19-20(23)22-21(28)29-19)8-9-17(18)27-11-10-26-16-7-5-4-6-15(16)24-2/h4-9,12-13H,3,10-11H2,1-2H3,(H,22,23,28)/b19-13-. The lowest BCUT2D eigenvalue weighted by Gasteiger charge is -2.14. The maximum Gasteiger partial charge on any atom is 0.263 e. The Labute approximate surface area is 179 Å². The maximum absolute atomic E-state index is 11.8. The van der Waals surface area contributed by atoms with Crippen molar-refractivity contribution >= 4 is 40.3 Å². The van der Waals surface area contributed by atoms with Crippen LogP contribution in [0.2, 0.25) is 0 Å². The Kier molecular flexibility index (Phi) is 7.37. The van der Waals surface area contributed by atoms with Crippen molar-refractivity contribution in [1.29, 1.82) is 0 Å². The largest absolute Gasteiger partial charge is 0.493 e. The summed E-state index contributed by atoms with van der Waals surface area (Å²) in [7, 11) is 1.60. The summed E-state index contributed by atoms with van der Waals surface area (Å²) in [4.78, 5) is 12.4. The molecular weight excluding hydrogens is 410 g/mol. The molecule has 1 aliphatic heterocycles. The minimum Gasteiger partial charge on any atom is -0.493 e. The van der Waals surface area contributed by atoms with Crippen molar-refractivity contribution in [3.63, 3.8) is 0 Å². The third-order valence-corrected chi connectivity index (χ3v) is 5.04. The molecule has 0 aliphatic carbocycles. The van der Waals surface area contributed by atoms with Crippen molar-refractivity contribution in [3.8, 4) is 23.0 Å². The van der Waals surface area contributed by atoms with Crippen LogP contribution in [0.25, 0.3) is 6.08 Å². The number of thiocarbonyl (C=S) groups is 1. The molecule has 2 aromatic rings. The summed E-state index contributed by atoms with van der Waals surface area (Å²) >= 11 is 6.26. The van der Waals surface area contributed by atoms with Crippen LogP contribution < -0.4 is 24.3 Å². The number of thioether (sulfide) groups is 1. The van der Waals surface area contributed by atoms with Gasteiger partial charge in [-0.3, -0.25) is 4.79 Å². The van der Waals surface area contributed by atoms with Gasteiger partial charge in [-0.15, -0.1) is 0 Å². The summed E-state index contributed by atoms with van der Waals surface area (Å²) in [5.74, 6) is 2.36. The normalized spacial score (nSPS) is 14.6. The number of amides is 1. The fourth-order valence-corrected chi connectivity index (χ4v) is 3.66. The monoisotopic (exact) mass is 431 g/mol. The van der Waals surface area contributed by atoms with Gasteiger partial charge in [-0.05, 0) is 42.8 Å². The van der Waals surface area contributed by atoms with E-state index in [2.05, 4.69) is 5.32 Å². The summed E-state index contributed by atoms with van der Waals surface area (Å²) in [5, 5.41) is 2.60. The third kappa shape index (κ3) is 5.65. The van der Waals surface area contributed by atoms with Gasteiger partial charge in [-0.2, -0.15) is 0 Å². The number of para-hydroxylation sites is 2. The van der Waals surface area contributed by atoms with E-state index in [1.54, 1.807) is 13.2 Å². The number of hydrogen-bond acceptors (Lipinski definition) is 7. The van der Waals surface area contributed by atoms with E-state index in [0.717, 1.165) is 5.56 Å². The minimum atomic E-state index is -0.188. The number of nitrogens with one attached hydrogen (secondary N) is 1. The zero-order chi connectivity index (χ0) is 20.6. The minimum absolute atomic E-state index is 0.188. The van der Waals surface area contributed by atoms with Crippen LogP contribution in [0.15, 0.2) is 47.4 Å². The highest BCUT2D eigenvalue weighted by Gasteiger charge is 2.22. The van der Waals surface area contributed by atoms with Crippen LogP contribution in [0.1, 0.15) is 12.5 Å². The third-order valence-electron chi connectivity index (χ3n) is 3.87. The van der Waals surface area contributed by atoms with Gasteiger partial charge < -0.3 is 24.3 Å². The van der Waals surface area contributed by atoms with E-state index in [4.69, 9.17) is 31.2 Å². The number of rotatable bonds is 9. The summed E-state index contributed by atoms with van der Waals surface area (Å²) in [6.07, 6.45) is 1.77. The number of carbonyl (C=O) groups is 1.